The largest absolute Gasteiger partial charge is 0.378 e. The minimum absolute atomic E-state index is 0.212. The number of hydrogen-bond donors (Lipinski definition) is 2. The van der Waals surface area contributed by atoms with Gasteiger partial charge in [-0.3, -0.25) is 9.89 Å². The highest BCUT2D eigenvalue weighted by Gasteiger charge is 2.09. The van der Waals surface area contributed by atoms with Crippen LogP contribution in [0.3, 0.4) is 0 Å². The van der Waals surface area contributed by atoms with E-state index in [4.69, 9.17) is 11.6 Å². The molecule has 0 atom stereocenters. The van der Waals surface area contributed by atoms with Crippen molar-refractivity contribution in [3.63, 3.8) is 0 Å². The molecule has 0 amide bonds. The zero-order valence-corrected chi connectivity index (χ0v) is 13.9. The maximum absolute atomic E-state index is 12.3. The quantitative estimate of drug-likeness (QED) is 0.591. The van der Waals surface area contributed by atoms with Gasteiger partial charge < -0.3 is 5.32 Å². The maximum Gasteiger partial charge on any atom is 0.274 e. The van der Waals surface area contributed by atoms with Crippen molar-refractivity contribution in [3.05, 3.63) is 81.7 Å². The van der Waals surface area contributed by atoms with Crippen LogP contribution in [0.4, 0.5) is 5.69 Å². The third-order valence-corrected chi connectivity index (χ3v) is 4.09. The Morgan fingerprint density at radius 2 is 1.80 bits per heavy atom. The lowest BCUT2D eigenvalue weighted by Crippen LogP contribution is -2.17. The molecule has 0 saturated heterocycles. The van der Waals surface area contributed by atoms with Crippen LogP contribution in [0.5, 0.6) is 0 Å². The second-order valence-corrected chi connectivity index (χ2v) is 5.90. The van der Waals surface area contributed by atoms with Crippen LogP contribution < -0.4 is 10.9 Å². The first kappa shape index (κ1) is 15.4. The number of fused-ring (bicyclic) bond motifs is 1. The molecule has 0 spiro atoms. The Balaban J connectivity index is 1.65. The highest BCUT2D eigenvalue weighted by atomic mass is 35.5. The van der Waals surface area contributed by atoms with E-state index in [9.17, 15) is 4.79 Å². The van der Waals surface area contributed by atoms with E-state index in [1.54, 1.807) is 6.07 Å². The molecule has 0 bridgehead atoms. The normalized spacial score (nSPS) is 10.9. The smallest absolute Gasteiger partial charge is 0.274 e. The summed E-state index contributed by atoms with van der Waals surface area (Å²) in [5.41, 5.74) is 2.06. The number of hydrogen-bond acceptors (Lipinski definition) is 4. The maximum atomic E-state index is 12.3. The Morgan fingerprint density at radius 3 is 2.60 bits per heavy atom. The van der Waals surface area contributed by atoms with Crippen molar-refractivity contribution in [2.75, 3.05) is 5.32 Å². The minimum Gasteiger partial charge on any atom is -0.378 e. The molecule has 25 heavy (non-hydrogen) atoms. The van der Waals surface area contributed by atoms with E-state index in [1.165, 1.54) is 10.6 Å². The van der Waals surface area contributed by atoms with E-state index in [0.29, 0.717) is 28.9 Å². The zero-order valence-electron chi connectivity index (χ0n) is 13.1. The lowest BCUT2D eigenvalue weighted by molar-refractivity contribution is 0.879. The van der Waals surface area contributed by atoms with Gasteiger partial charge in [-0.15, -0.1) is 0 Å². The van der Waals surface area contributed by atoms with E-state index in [2.05, 4.69) is 20.4 Å². The van der Waals surface area contributed by atoms with Crippen molar-refractivity contribution in [1.82, 2.24) is 19.6 Å². The Morgan fingerprint density at radius 1 is 1.04 bits per heavy atom. The second kappa shape index (κ2) is 6.41. The summed E-state index contributed by atoms with van der Waals surface area (Å²) in [6.45, 7) is 0.378. The van der Waals surface area contributed by atoms with Crippen LogP contribution in [0.25, 0.3) is 17.2 Å². The van der Waals surface area contributed by atoms with Gasteiger partial charge in [-0.05, 0) is 12.1 Å². The molecule has 7 heteroatoms. The predicted molar refractivity (Wildman–Crippen MR) is 97.8 cm³/mol. The number of halogens is 1. The standard InChI is InChI=1S/C18H14ClN5O/c19-14-8-4-5-9-15(14)20-11-13-10-16(25)24-18(21-13)22-17(23-24)12-6-2-1-3-7-12/h1-10,20H,11H2,(H,21,22,23). The van der Waals surface area contributed by atoms with Crippen molar-refractivity contribution >= 4 is 23.1 Å². The third kappa shape index (κ3) is 3.12. The summed E-state index contributed by atoms with van der Waals surface area (Å²) in [6, 6.07) is 18.5. The van der Waals surface area contributed by atoms with Crippen LogP contribution in [-0.2, 0) is 6.54 Å². The summed E-state index contributed by atoms with van der Waals surface area (Å²) >= 11 is 6.12. The molecule has 0 saturated carbocycles. The summed E-state index contributed by atoms with van der Waals surface area (Å²) in [5.74, 6) is 0.934. The Bertz CT molecular complexity index is 1090. The van der Waals surface area contributed by atoms with Gasteiger partial charge in [0.2, 0.25) is 0 Å². The Hall–Kier alpha value is -3.12. The summed E-state index contributed by atoms with van der Waals surface area (Å²) in [4.78, 5) is 21.2. The Kier molecular flexibility index (Phi) is 3.95. The van der Waals surface area contributed by atoms with Crippen molar-refractivity contribution in [2.24, 2.45) is 0 Å². The van der Waals surface area contributed by atoms with Crippen LogP contribution in [0.1, 0.15) is 5.69 Å². The number of para-hydroxylation sites is 1. The molecule has 0 unspecified atom stereocenters. The molecular weight excluding hydrogens is 338 g/mol. The monoisotopic (exact) mass is 351 g/mol. The number of aromatic nitrogens is 4. The lowest BCUT2D eigenvalue weighted by Gasteiger charge is -2.07. The topological polar surface area (TPSA) is 75.1 Å². The first-order valence-corrected chi connectivity index (χ1v) is 8.11. The highest BCUT2D eigenvalue weighted by Crippen LogP contribution is 2.21. The summed E-state index contributed by atoms with van der Waals surface area (Å²) < 4.78 is 1.33. The predicted octanol–water partition coefficient (Wildman–Crippen LogP) is 3.35. The fourth-order valence-electron chi connectivity index (χ4n) is 2.53. The number of anilines is 1. The average molecular weight is 352 g/mol. The SMILES string of the molecule is O=c1cc(CNc2ccccc2Cl)nc2nc(-c3ccccc3)[nH]n12. The number of rotatable bonds is 4. The number of H-pyrrole nitrogens is 1. The summed E-state index contributed by atoms with van der Waals surface area (Å²) in [6.07, 6.45) is 0. The molecule has 2 aromatic heterocycles. The van der Waals surface area contributed by atoms with Gasteiger partial charge >= 0.3 is 0 Å². The van der Waals surface area contributed by atoms with E-state index < -0.39 is 0 Å². The molecule has 0 radical (unpaired) electrons. The molecule has 0 aliphatic rings. The van der Waals surface area contributed by atoms with Gasteiger partial charge in [0.25, 0.3) is 11.3 Å². The molecular formula is C18H14ClN5O. The van der Waals surface area contributed by atoms with Crippen molar-refractivity contribution in [1.29, 1.82) is 0 Å². The van der Waals surface area contributed by atoms with Crippen molar-refractivity contribution < 1.29 is 0 Å². The van der Waals surface area contributed by atoms with Crippen LogP contribution >= 0.6 is 11.6 Å². The van der Waals surface area contributed by atoms with Crippen LogP contribution in [0.2, 0.25) is 5.02 Å². The fraction of sp³-hybridized carbons (Fsp3) is 0.0556. The van der Waals surface area contributed by atoms with Crippen molar-refractivity contribution in [3.8, 4) is 11.4 Å². The molecule has 124 valence electrons. The summed E-state index contributed by atoms with van der Waals surface area (Å²) in [7, 11) is 0. The van der Waals surface area contributed by atoms with Crippen molar-refractivity contribution in [2.45, 2.75) is 6.54 Å². The average Bonchev–Trinajstić information content (AvgIpc) is 3.07. The molecule has 4 rings (SSSR count). The molecule has 2 heterocycles. The van der Waals surface area contributed by atoms with Crippen LogP contribution in [-0.4, -0.2) is 19.6 Å². The van der Waals surface area contributed by atoms with Crippen LogP contribution in [0, 0.1) is 0 Å². The number of nitrogens with one attached hydrogen (secondary N) is 2. The van der Waals surface area contributed by atoms with E-state index in [-0.39, 0.29) is 5.56 Å². The summed E-state index contributed by atoms with van der Waals surface area (Å²) in [5, 5.41) is 6.78. The first-order valence-electron chi connectivity index (χ1n) is 7.73. The molecule has 2 aromatic carbocycles. The third-order valence-electron chi connectivity index (χ3n) is 3.76. The van der Waals surface area contributed by atoms with Crippen LogP contribution in [0.15, 0.2) is 65.5 Å². The Labute approximate surface area is 148 Å². The molecule has 0 aliphatic heterocycles. The molecule has 2 N–H and O–H groups in total. The second-order valence-electron chi connectivity index (χ2n) is 5.49. The van der Waals surface area contributed by atoms with Gasteiger partial charge in [0, 0.05) is 11.6 Å². The van der Waals surface area contributed by atoms with Gasteiger partial charge in [0.05, 0.1) is 22.9 Å². The van der Waals surface area contributed by atoms with Gasteiger partial charge in [-0.1, -0.05) is 54.1 Å². The van der Waals surface area contributed by atoms with Gasteiger partial charge in [-0.25, -0.2) is 4.98 Å². The van der Waals surface area contributed by atoms with E-state index >= 15 is 0 Å². The van der Waals surface area contributed by atoms with Gasteiger partial charge in [-0.2, -0.15) is 9.50 Å². The highest BCUT2D eigenvalue weighted by molar-refractivity contribution is 6.33. The van der Waals surface area contributed by atoms with Gasteiger partial charge in [0.1, 0.15) is 0 Å². The van der Waals surface area contributed by atoms with E-state index in [1.807, 2.05) is 48.5 Å². The zero-order chi connectivity index (χ0) is 17.2. The number of benzene rings is 2. The first-order chi connectivity index (χ1) is 12.2. The van der Waals surface area contributed by atoms with Gasteiger partial charge in [0.15, 0.2) is 5.82 Å². The molecule has 0 fully saturated rings. The number of aromatic amines is 1. The fourth-order valence-corrected chi connectivity index (χ4v) is 2.74. The number of nitrogens with zero attached hydrogens (tertiary/aromatic N) is 3. The van der Waals surface area contributed by atoms with E-state index in [0.717, 1.165) is 11.3 Å². The molecule has 6 nitrogen and oxygen atoms in total. The molecule has 0 aliphatic carbocycles. The molecule has 4 aromatic rings. The minimum atomic E-state index is -0.212. The lowest BCUT2D eigenvalue weighted by atomic mass is 10.2.